The molecule has 2 aliphatic heterocycles. The molecule has 4 rings (SSSR count). The summed E-state index contributed by atoms with van der Waals surface area (Å²) < 4.78 is 10.3. The Bertz CT molecular complexity index is 950. The zero-order valence-corrected chi connectivity index (χ0v) is 19.4. The minimum atomic E-state index is -0.672. The molecule has 1 aromatic rings. The van der Waals surface area contributed by atoms with Gasteiger partial charge >= 0.3 is 6.09 Å². The Labute approximate surface area is 192 Å². The average Bonchev–Trinajstić information content (AvgIpc) is 3.00. The minimum absolute atomic E-state index is 0.0657. The fraction of sp³-hybridized carbons (Fsp3) is 0.565. The Morgan fingerprint density at radius 1 is 1.18 bits per heavy atom. The molecule has 1 aliphatic carbocycles. The number of carbonyl (C=O) groups is 4. The van der Waals surface area contributed by atoms with Gasteiger partial charge < -0.3 is 24.8 Å². The van der Waals surface area contributed by atoms with Crippen LogP contribution >= 0.6 is 0 Å². The molecule has 0 bridgehead atoms. The lowest BCUT2D eigenvalue weighted by Gasteiger charge is -2.29. The first-order valence-electron chi connectivity index (χ1n) is 11.0. The van der Waals surface area contributed by atoms with Crippen LogP contribution in [0, 0.1) is 0 Å². The number of aromatic hydroxyl groups is 1. The van der Waals surface area contributed by atoms with E-state index in [9.17, 15) is 24.3 Å². The third-order valence-electron chi connectivity index (χ3n) is 5.65. The third kappa shape index (κ3) is 5.94. The minimum Gasteiger partial charge on any atom is -0.508 e. The number of carbonyl (C=O) groups excluding carboxylic acids is 4. The molecule has 2 heterocycles. The van der Waals surface area contributed by atoms with Gasteiger partial charge in [-0.15, -0.1) is 0 Å². The molecule has 0 spiro atoms. The van der Waals surface area contributed by atoms with Crippen LogP contribution in [0.1, 0.15) is 68.8 Å². The number of fused-ring (bicyclic) bond motifs is 1. The number of nitrogens with one attached hydrogen (secondary N) is 2. The van der Waals surface area contributed by atoms with Gasteiger partial charge in [-0.1, -0.05) is 0 Å². The lowest BCUT2D eigenvalue weighted by atomic mass is 9.93. The van der Waals surface area contributed by atoms with E-state index >= 15 is 0 Å². The highest BCUT2D eigenvalue weighted by Gasteiger charge is 2.40. The van der Waals surface area contributed by atoms with Gasteiger partial charge in [-0.05, 0) is 52.5 Å². The summed E-state index contributed by atoms with van der Waals surface area (Å²) in [6, 6.07) is 2.49. The second-order valence-electron chi connectivity index (χ2n) is 9.35. The van der Waals surface area contributed by atoms with Gasteiger partial charge in [0.2, 0.25) is 11.8 Å². The number of phenolic OH excluding ortho intramolecular Hbond substituents is 1. The number of alkyl carbamates (subject to hydrolysis) is 1. The third-order valence-corrected chi connectivity index (χ3v) is 5.65. The highest BCUT2D eigenvalue weighted by molar-refractivity contribution is 6.05. The summed E-state index contributed by atoms with van der Waals surface area (Å²) in [5.41, 5.74) is 0.593. The number of imide groups is 1. The van der Waals surface area contributed by atoms with Gasteiger partial charge in [0, 0.05) is 24.1 Å². The molecule has 180 valence electrons. The van der Waals surface area contributed by atoms with Gasteiger partial charge in [0.25, 0.3) is 5.91 Å². The average molecular weight is 462 g/mol. The first-order chi connectivity index (χ1) is 15.5. The van der Waals surface area contributed by atoms with Crippen molar-refractivity contribution in [1.29, 1.82) is 0 Å². The van der Waals surface area contributed by atoms with E-state index in [1.807, 2.05) is 20.8 Å². The van der Waals surface area contributed by atoms with Crippen molar-refractivity contribution in [2.24, 2.45) is 0 Å². The molecule has 1 aromatic carbocycles. The lowest BCUT2D eigenvalue weighted by molar-refractivity contribution is -0.136. The van der Waals surface area contributed by atoms with Crippen LogP contribution in [0.25, 0.3) is 0 Å². The topological polar surface area (TPSA) is 134 Å². The normalized spacial score (nSPS) is 20.2. The van der Waals surface area contributed by atoms with Gasteiger partial charge in [-0.2, -0.15) is 0 Å². The van der Waals surface area contributed by atoms with Gasteiger partial charge in [0.05, 0.1) is 19.2 Å². The Morgan fingerprint density at radius 3 is 2.42 bits per heavy atom. The molecule has 10 heteroatoms. The van der Waals surface area contributed by atoms with Crippen LogP contribution in [0.2, 0.25) is 0 Å². The van der Waals surface area contributed by atoms with Gasteiger partial charge in [0.1, 0.15) is 23.1 Å². The predicted molar refractivity (Wildman–Crippen MR) is 118 cm³/mol. The van der Waals surface area contributed by atoms with Crippen molar-refractivity contribution in [3.63, 3.8) is 0 Å². The second kappa shape index (κ2) is 9.68. The lowest BCUT2D eigenvalue weighted by Crippen LogP contribution is -2.52. The summed E-state index contributed by atoms with van der Waals surface area (Å²) in [6.45, 7) is 5.83. The van der Waals surface area contributed by atoms with Gasteiger partial charge in [0.15, 0.2) is 0 Å². The fourth-order valence-corrected chi connectivity index (χ4v) is 3.82. The SMILES string of the molecule is CC(C)(C)OC(=O)NC1CCC1.COc1cc(O)cc2c1CN(C1CCC(=O)NC1=O)C2=O. The number of benzene rings is 1. The largest absolute Gasteiger partial charge is 0.508 e. The second-order valence-corrected chi connectivity index (χ2v) is 9.35. The van der Waals surface area contributed by atoms with E-state index in [1.165, 1.54) is 30.6 Å². The molecule has 33 heavy (non-hydrogen) atoms. The van der Waals surface area contributed by atoms with Crippen LogP contribution in [0.5, 0.6) is 11.5 Å². The fourth-order valence-electron chi connectivity index (χ4n) is 3.82. The number of hydrogen-bond acceptors (Lipinski definition) is 7. The maximum absolute atomic E-state index is 12.4. The van der Waals surface area contributed by atoms with Crippen LogP contribution in [0.3, 0.4) is 0 Å². The molecule has 1 unspecified atom stereocenters. The number of phenols is 1. The van der Waals surface area contributed by atoms with Crippen molar-refractivity contribution < 1.29 is 33.8 Å². The van der Waals surface area contributed by atoms with E-state index in [-0.39, 0.29) is 42.2 Å². The monoisotopic (exact) mass is 461 g/mol. The van der Waals surface area contributed by atoms with Crippen molar-refractivity contribution in [1.82, 2.24) is 15.5 Å². The van der Waals surface area contributed by atoms with Crippen molar-refractivity contribution in [2.45, 2.75) is 77.1 Å². The van der Waals surface area contributed by atoms with Crippen molar-refractivity contribution in [2.75, 3.05) is 7.11 Å². The number of rotatable bonds is 3. The highest BCUT2D eigenvalue weighted by atomic mass is 16.6. The summed E-state index contributed by atoms with van der Waals surface area (Å²) in [4.78, 5) is 48.1. The van der Waals surface area contributed by atoms with E-state index in [1.54, 1.807) is 0 Å². The molecule has 4 amide bonds. The number of piperidine rings is 1. The summed E-state index contributed by atoms with van der Waals surface area (Å²) in [5.74, 6) is -0.780. The maximum atomic E-state index is 12.4. The predicted octanol–water partition coefficient (Wildman–Crippen LogP) is 2.23. The van der Waals surface area contributed by atoms with Crippen LogP contribution in [0.4, 0.5) is 4.79 Å². The number of methoxy groups -OCH3 is 1. The van der Waals surface area contributed by atoms with Crippen molar-refractivity contribution >= 4 is 23.8 Å². The number of ether oxygens (including phenoxy) is 2. The smallest absolute Gasteiger partial charge is 0.407 e. The first-order valence-corrected chi connectivity index (χ1v) is 11.0. The number of hydrogen-bond donors (Lipinski definition) is 3. The molecule has 3 aliphatic rings. The molecule has 3 N–H and O–H groups in total. The summed E-state index contributed by atoms with van der Waals surface area (Å²) in [7, 11) is 1.45. The Hall–Kier alpha value is -3.30. The molecular weight excluding hydrogens is 430 g/mol. The van der Waals surface area contributed by atoms with E-state index in [4.69, 9.17) is 9.47 Å². The summed E-state index contributed by atoms with van der Waals surface area (Å²) in [6.07, 6.45) is 3.64. The zero-order chi connectivity index (χ0) is 24.3. The standard InChI is InChI=1S/C14H14N2O5.C9H17NO2/c1-21-11-5-7(17)4-8-9(11)6-16(14(8)20)10-2-3-12(18)15-13(10)19;1-9(2,3)12-8(11)10-7-5-4-6-7/h4-5,10,17H,2-3,6H2,1H3,(H,15,18,19);7H,4-6H2,1-3H3,(H,10,11). The Morgan fingerprint density at radius 2 is 1.88 bits per heavy atom. The van der Waals surface area contributed by atoms with E-state index in [0.29, 0.717) is 29.3 Å². The quantitative estimate of drug-likeness (QED) is 0.588. The van der Waals surface area contributed by atoms with Gasteiger partial charge in [-0.3, -0.25) is 19.7 Å². The van der Waals surface area contributed by atoms with Crippen molar-refractivity contribution in [3.8, 4) is 11.5 Å². The van der Waals surface area contributed by atoms with E-state index in [0.717, 1.165) is 12.8 Å². The van der Waals surface area contributed by atoms with E-state index < -0.39 is 11.9 Å². The zero-order valence-electron chi connectivity index (χ0n) is 19.4. The molecule has 2 fully saturated rings. The Balaban J connectivity index is 0.000000218. The number of nitrogens with zero attached hydrogens (tertiary/aromatic N) is 1. The van der Waals surface area contributed by atoms with Crippen LogP contribution in [-0.2, 0) is 20.9 Å². The van der Waals surface area contributed by atoms with E-state index in [2.05, 4.69) is 10.6 Å². The van der Waals surface area contributed by atoms with Crippen LogP contribution in [0.15, 0.2) is 12.1 Å². The molecule has 0 aromatic heterocycles. The summed E-state index contributed by atoms with van der Waals surface area (Å²) >= 11 is 0. The molecule has 10 nitrogen and oxygen atoms in total. The first kappa shape index (κ1) is 24.3. The Kier molecular flexibility index (Phi) is 7.14. The summed E-state index contributed by atoms with van der Waals surface area (Å²) in [5, 5.41) is 14.7. The molecule has 1 atom stereocenters. The van der Waals surface area contributed by atoms with Crippen molar-refractivity contribution in [3.05, 3.63) is 23.3 Å². The van der Waals surface area contributed by atoms with Crippen LogP contribution < -0.4 is 15.4 Å². The molecule has 0 radical (unpaired) electrons. The van der Waals surface area contributed by atoms with Crippen LogP contribution in [-0.4, -0.2) is 58.6 Å². The molecule has 1 saturated heterocycles. The maximum Gasteiger partial charge on any atom is 0.407 e. The highest BCUT2D eigenvalue weighted by Crippen LogP contribution is 2.36. The molecule has 1 saturated carbocycles. The molecular formula is C23H31N3O7. The van der Waals surface area contributed by atoms with Gasteiger partial charge in [-0.25, -0.2) is 4.79 Å². The number of amides is 4.